The molecule has 0 aliphatic heterocycles. The number of nitriles is 1. The van der Waals surface area contributed by atoms with Crippen molar-refractivity contribution in [2.24, 2.45) is 5.92 Å². The van der Waals surface area contributed by atoms with Crippen LogP contribution in [0.4, 0.5) is 4.39 Å². The van der Waals surface area contributed by atoms with Crippen LogP contribution in [-0.4, -0.2) is 0 Å². The maximum Gasteiger partial charge on any atom is 0.148 e. The first-order valence-electron chi connectivity index (χ1n) is 8.35. The Kier molecular flexibility index (Phi) is 4.43. The summed E-state index contributed by atoms with van der Waals surface area (Å²) >= 11 is 0. The molecule has 0 saturated heterocycles. The van der Waals surface area contributed by atoms with Gasteiger partial charge in [-0.2, -0.15) is 5.26 Å². The number of rotatable bonds is 3. The SMILES string of the molecule is CCC[C@H]1CC[C@H](c2ccc3c(F)c(C#N)ccc3c2)CC1. The molecular formula is C20H22FN. The van der Waals surface area contributed by atoms with Gasteiger partial charge in [0.2, 0.25) is 0 Å². The highest BCUT2D eigenvalue weighted by molar-refractivity contribution is 5.85. The monoisotopic (exact) mass is 295 g/mol. The van der Waals surface area contributed by atoms with Crippen molar-refractivity contribution >= 4 is 10.8 Å². The lowest BCUT2D eigenvalue weighted by Crippen LogP contribution is -2.13. The van der Waals surface area contributed by atoms with Gasteiger partial charge in [0, 0.05) is 5.39 Å². The molecule has 1 aliphatic rings. The van der Waals surface area contributed by atoms with E-state index in [1.807, 2.05) is 18.2 Å². The third kappa shape index (κ3) is 2.86. The number of nitrogens with zero attached hydrogens (tertiary/aromatic N) is 1. The lowest BCUT2D eigenvalue weighted by atomic mass is 9.77. The van der Waals surface area contributed by atoms with Crippen molar-refractivity contribution in [2.75, 3.05) is 0 Å². The van der Waals surface area contributed by atoms with Crippen LogP contribution >= 0.6 is 0 Å². The van der Waals surface area contributed by atoms with Crippen LogP contribution in [0, 0.1) is 23.1 Å². The molecule has 0 spiro atoms. The van der Waals surface area contributed by atoms with Crippen molar-refractivity contribution in [3.63, 3.8) is 0 Å². The van der Waals surface area contributed by atoms with Crippen LogP contribution < -0.4 is 0 Å². The van der Waals surface area contributed by atoms with E-state index in [9.17, 15) is 4.39 Å². The average Bonchev–Trinajstić information content (AvgIpc) is 2.56. The van der Waals surface area contributed by atoms with Gasteiger partial charge in [-0.25, -0.2) is 4.39 Å². The molecule has 2 aromatic carbocycles. The maximum atomic E-state index is 14.2. The van der Waals surface area contributed by atoms with E-state index in [1.165, 1.54) is 44.1 Å². The number of hydrogen-bond donors (Lipinski definition) is 0. The summed E-state index contributed by atoms with van der Waals surface area (Å²) in [5.41, 5.74) is 1.45. The van der Waals surface area contributed by atoms with E-state index in [-0.39, 0.29) is 5.56 Å². The minimum Gasteiger partial charge on any atom is -0.205 e. The van der Waals surface area contributed by atoms with E-state index in [2.05, 4.69) is 19.1 Å². The highest BCUT2D eigenvalue weighted by Gasteiger charge is 2.22. The third-order valence-corrected chi connectivity index (χ3v) is 5.11. The summed E-state index contributed by atoms with van der Waals surface area (Å²) in [4.78, 5) is 0. The summed E-state index contributed by atoms with van der Waals surface area (Å²) in [6.45, 7) is 2.26. The van der Waals surface area contributed by atoms with Gasteiger partial charge in [-0.15, -0.1) is 0 Å². The molecular weight excluding hydrogens is 273 g/mol. The van der Waals surface area contributed by atoms with E-state index >= 15 is 0 Å². The van der Waals surface area contributed by atoms with Gasteiger partial charge >= 0.3 is 0 Å². The Hall–Kier alpha value is -1.88. The smallest absolute Gasteiger partial charge is 0.148 e. The quantitative estimate of drug-likeness (QED) is 0.689. The summed E-state index contributed by atoms with van der Waals surface area (Å²) in [5, 5.41) is 10.4. The molecule has 0 radical (unpaired) electrons. The van der Waals surface area contributed by atoms with Crippen LogP contribution in [0.3, 0.4) is 0 Å². The first-order chi connectivity index (χ1) is 10.7. The van der Waals surface area contributed by atoms with Crippen molar-refractivity contribution in [1.29, 1.82) is 5.26 Å². The second kappa shape index (κ2) is 6.48. The molecule has 0 N–H and O–H groups in total. The van der Waals surface area contributed by atoms with Crippen molar-refractivity contribution < 1.29 is 4.39 Å². The van der Waals surface area contributed by atoms with E-state index in [0.29, 0.717) is 11.3 Å². The fourth-order valence-corrected chi connectivity index (χ4v) is 3.84. The van der Waals surface area contributed by atoms with Crippen LogP contribution in [0.5, 0.6) is 0 Å². The fourth-order valence-electron chi connectivity index (χ4n) is 3.84. The number of benzene rings is 2. The normalized spacial score (nSPS) is 21.7. The molecule has 0 atom stereocenters. The minimum atomic E-state index is -0.391. The van der Waals surface area contributed by atoms with Crippen molar-refractivity contribution in [2.45, 2.75) is 51.4 Å². The van der Waals surface area contributed by atoms with Crippen LogP contribution in [0.2, 0.25) is 0 Å². The lowest BCUT2D eigenvalue weighted by Gasteiger charge is -2.28. The van der Waals surface area contributed by atoms with Crippen molar-refractivity contribution in [3.8, 4) is 6.07 Å². The van der Waals surface area contributed by atoms with Crippen LogP contribution in [0.15, 0.2) is 30.3 Å². The third-order valence-electron chi connectivity index (χ3n) is 5.11. The second-order valence-electron chi connectivity index (χ2n) is 6.53. The van der Waals surface area contributed by atoms with Gasteiger partial charge in [0.15, 0.2) is 0 Å². The van der Waals surface area contributed by atoms with Crippen LogP contribution in [0.1, 0.15) is 62.5 Å². The average molecular weight is 295 g/mol. The molecule has 1 nitrogen and oxygen atoms in total. The van der Waals surface area contributed by atoms with Crippen molar-refractivity contribution in [1.82, 2.24) is 0 Å². The lowest BCUT2D eigenvalue weighted by molar-refractivity contribution is 0.308. The number of hydrogen-bond acceptors (Lipinski definition) is 1. The molecule has 2 heteroatoms. The van der Waals surface area contributed by atoms with Gasteiger partial charge in [0.1, 0.15) is 11.9 Å². The van der Waals surface area contributed by atoms with Gasteiger partial charge in [-0.05, 0) is 54.5 Å². The van der Waals surface area contributed by atoms with Gasteiger partial charge in [0.05, 0.1) is 5.56 Å². The molecule has 2 aromatic rings. The van der Waals surface area contributed by atoms with Gasteiger partial charge in [-0.1, -0.05) is 44.0 Å². The predicted molar refractivity (Wildman–Crippen MR) is 88.2 cm³/mol. The standard InChI is InChI=1S/C20H22FN/c1-2-3-14-4-6-15(7-5-14)16-10-11-19-17(12-16)8-9-18(13-22)20(19)21/h8-12,14-15H,2-7H2,1H3/t14-,15-. The molecule has 0 aromatic heterocycles. The van der Waals surface area contributed by atoms with Gasteiger partial charge in [0.25, 0.3) is 0 Å². The zero-order chi connectivity index (χ0) is 15.5. The summed E-state index contributed by atoms with van der Waals surface area (Å²) < 4.78 is 14.2. The van der Waals surface area contributed by atoms with Gasteiger partial charge < -0.3 is 0 Å². The molecule has 3 rings (SSSR count). The maximum absolute atomic E-state index is 14.2. The van der Waals surface area contributed by atoms with E-state index < -0.39 is 5.82 Å². The summed E-state index contributed by atoms with van der Waals surface area (Å²) in [5.74, 6) is 1.12. The Bertz CT molecular complexity index is 705. The van der Waals surface area contributed by atoms with E-state index in [4.69, 9.17) is 5.26 Å². The topological polar surface area (TPSA) is 23.8 Å². The molecule has 0 bridgehead atoms. The first kappa shape index (κ1) is 15.0. The Morgan fingerprint density at radius 1 is 1.14 bits per heavy atom. The van der Waals surface area contributed by atoms with Crippen LogP contribution in [0.25, 0.3) is 10.8 Å². The van der Waals surface area contributed by atoms with Crippen LogP contribution in [-0.2, 0) is 0 Å². The summed E-state index contributed by atoms with van der Waals surface area (Å²) in [6, 6.07) is 11.4. The van der Waals surface area contributed by atoms with E-state index in [0.717, 1.165) is 11.3 Å². The molecule has 0 amide bonds. The highest BCUT2D eigenvalue weighted by Crippen LogP contribution is 2.38. The minimum absolute atomic E-state index is 0.125. The van der Waals surface area contributed by atoms with E-state index in [1.54, 1.807) is 6.07 Å². The van der Waals surface area contributed by atoms with Gasteiger partial charge in [-0.3, -0.25) is 0 Å². The number of halogens is 1. The molecule has 1 saturated carbocycles. The first-order valence-corrected chi connectivity index (χ1v) is 8.35. The highest BCUT2D eigenvalue weighted by atomic mass is 19.1. The zero-order valence-corrected chi connectivity index (χ0v) is 13.1. The summed E-state index contributed by atoms with van der Waals surface area (Å²) in [7, 11) is 0. The number of fused-ring (bicyclic) bond motifs is 1. The zero-order valence-electron chi connectivity index (χ0n) is 13.1. The largest absolute Gasteiger partial charge is 0.205 e. The Morgan fingerprint density at radius 3 is 2.59 bits per heavy atom. The molecule has 22 heavy (non-hydrogen) atoms. The molecule has 114 valence electrons. The van der Waals surface area contributed by atoms with Crippen molar-refractivity contribution in [3.05, 3.63) is 47.3 Å². The molecule has 0 heterocycles. The Labute approximate surface area is 131 Å². The molecule has 1 aliphatic carbocycles. The second-order valence-corrected chi connectivity index (χ2v) is 6.53. The summed E-state index contributed by atoms with van der Waals surface area (Å²) in [6.07, 6.45) is 7.76. The molecule has 0 unspecified atom stereocenters. The Morgan fingerprint density at radius 2 is 1.91 bits per heavy atom. The predicted octanol–water partition coefficient (Wildman–Crippen LogP) is 5.92. The molecule has 1 fully saturated rings. The fraction of sp³-hybridized carbons (Fsp3) is 0.450. The Balaban J connectivity index is 1.83.